The monoisotopic (exact) mass is 447 g/mol. The summed E-state index contributed by atoms with van der Waals surface area (Å²) in [6.45, 7) is 4.75. The Morgan fingerprint density at radius 1 is 1.00 bits per heavy atom. The molecular formula is C27H33N3O3. The van der Waals surface area contributed by atoms with Gasteiger partial charge >= 0.3 is 0 Å². The van der Waals surface area contributed by atoms with E-state index >= 15 is 0 Å². The highest BCUT2D eigenvalue weighted by Gasteiger charge is 2.36. The van der Waals surface area contributed by atoms with Crippen molar-refractivity contribution in [1.82, 2.24) is 15.5 Å². The second kappa shape index (κ2) is 10.7. The summed E-state index contributed by atoms with van der Waals surface area (Å²) in [5.41, 5.74) is 2.29. The second-order valence-corrected chi connectivity index (χ2v) is 8.44. The van der Waals surface area contributed by atoms with Crippen LogP contribution in [0.3, 0.4) is 0 Å². The van der Waals surface area contributed by atoms with Crippen molar-refractivity contribution < 1.29 is 14.3 Å². The van der Waals surface area contributed by atoms with Gasteiger partial charge in [0.05, 0.1) is 20.3 Å². The average Bonchev–Trinajstić information content (AvgIpc) is 3.25. The van der Waals surface area contributed by atoms with Crippen LogP contribution in [0, 0.1) is 0 Å². The van der Waals surface area contributed by atoms with Crippen LogP contribution in [-0.4, -0.2) is 50.2 Å². The van der Waals surface area contributed by atoms with Gasteiger partial charge in [-0.2, -0.15) is 0 Å². The Morgan fingerprint density at radius 3 is 2.55 bits per heavy atom. The maximum absolute atomic E-state index is 12.9. The molecule has 33 heavy (non-hydrogen) atoms. The summed E-state index contributed by atoms with van der Waals surface area (Å²) in [7, 11) is 3.30. The number of methoxy groups -OCH3 is 2. The number of para-hydroxylation sites is 1. The van der Waals surface area contributed by atoms with Crippen molar-refractivity contribution in [3.63, 3.8) is 0 Å². The summed E-state index contributed by atoms with van der Waals surface area (Å²) in [6.07, 6.45) is 0.767. The minimum atomic E-state index is -0.189. The summed E-state index contributed by atoms with van der Waals surface area (Å²) in [5.74, 6) is 1.50. The number of likely N-dealkylation sites (tertiary alicyclic amines) is 1. The SMILES string of the molecule is CCNC(=O)[C@@H]1C[C@H](NCc2cccc3ccccc23)CN1Cc1cccc(OC)c1OC. The molecule has 0 bridgehead atoms. The molecule has 0 radical (unpaired) electrons. The number of nitrogens with one attached hydrogen (secondary N) is 2. The minimum absolute atomic E-state index is 0.0776. The molecule has 1 aliphatic heterocycles. The second-order valence-electron chi connectivity index (χ2n) is 8.44. The smallest absolute Gasteiger partial charge is 0.237 e. The summed E-state index contributed by atoms with van der Waals surface area (Å²) < 4.78 is 11.1. The van der Waals surface area contributed by atoms with E-state index in [0.29, 0.717) is 18.8 Å². The molecule has 1 heterocycles. The van der Waals surface area contributed by atoms with Crippen LogP contribution in [0.1, 0.15) is 24.5 Å². The van der Waals surface area contributed by atoms with Gasteiger partial charge in [0.15, 0.2) is 11.5 Å². The molecule has 2 atom stereocenters. The molecule has 0 unspecified atom stereocenters. The van der Waals surface area contributed by atoms with E-state index in [1.165, 1.54) is 16.3 Å². The van der Waals surface area contributed by atoms with Crippen LogP contribution >= 0.6 is 0 Å². The largest absolute Gasteiger partial charge is 0.493 e. The predicted molar refractivity (Wildman–Crippen MR) is 132 cm³/mol. The van der Waals surface area contributed by atoms with Crippen molar-refractivity contribution in [2.45, 2.75) is 38.5 Å². The van der Waals surface area contributed by atoms with Crippen molar-refractivity contribution in [1.29, 1.82) is 0 Å². The van der Waals surface area contributed by atoms with E-state index in [1.54, 1.807) is 14.2 Å². The molecule has 0 aromatic heterocycles. The number of hydrogen-bond acceptors (Lipinski definition) is 5. The molecule has 0 saturated carbocycles. The summed E-state index contributed by atoms with van der Waals surface area (Å²) in [5, 5.41) is 9.23. The van der Waals surface area contributed by atoms with Gasteiger partial charge in [0.25, 0.3) is 0 Å². The Labute approximate surface area is 195 Å². The Kier molecular flexibility index (Phi) is 7.47. The van der Waals surface area contributed by atoms with Crippen LogP contribution in [0.25, 0.3) is 10.8 Å². The van der Waals surface area contributed by atoms with Gasteiger partial charge in [0, 0.05) is 37.8 Å². The lowest BCUT2D eigenvalue weighted by molar-refractivity contribution is -0.125. The van der Waals surface area contributed by atoms with Crippen LogP contribution in [0.15, 0.2) is 60.7 Å². The lowest BCUT2D eigenvalue weighted by atomic mass is 10.0. The Balaban J connectivity index is 1.50. The number of rotatable bonds is 9. The molecule has 4 rings (SSSR count). The van der Waals surface area contributed by atoms with E-state index < -0.39 is 0 Å². The number of carbonyl (C=O) groups is 1. The molecule has 0 aliphatic carbocycles. The van der Waals surface area contributed by atoms with Crippen molar-refractivity contribution in [3.8, 4) is 11.5 Å². The van der Waals surface area contributed by atoms with E-state index in [1.807, 2.05) is 25.1 Å². The molecule has 3 aromatic carbocycles. The molecular weight excluding hydrogens is 414 g/mol. The lowest BCUT2D eigenvalue weighted by Crippen LogP contribution is -2.42. The molecule has 1 fully saturated rings. The van der Waals surface area contributed by atoms with Crippen molar-refractivity contribution in [3.05, 3.63) is 71.8 Å². The number of nitrogens with zero attached hydrogens (tertiary/aromatic N) is 1. The number of carbonyl (C=O) groups excluding carboxylic acids is 1. The van der Waals surface area contributed by atoms with Gasteiger partial charge in [-0.1, -0.05) is 54.6 Å². The number of ether oxygens (including phenoxy) is 2. The topological polar surface area (TPSA) is 62.8 Å². The molecule has 1 aliphatic rings. The molecule has 0 spiro atoms. The number of amides is 1. The van der Waals surface area contributed by atoms with Crippen molar-refractivity contribution in [2.75, 3.05) is 27.3 Å². The molecule has 6 nitrogen and oxygen atoms in total. The van der Waals surface area contributed by atoms with E-state index in [-0.39, 0.29) is 18.0 Å². The third-order valence-corrected chi connectivity index (χ3v) is 6.38. The fourth-order valence-electron chi connectivity index (χ4n) is 4.79. The minimum Gasteiger partial charge on any atom is -0.493 e. The summed E-state index contributed by atoms with van der Waals surface area (Å²) in [6, 6.07) is 20.8. The van der Waals surface area contributed by atoms with Gasteiger partial charge in [0.2, 0.25) is 5.91 Å². The fourth-order valence-corrected chi connectivity index (χ4v) is 4.79. The van der Waals surface area contributed by atoms with Crippen LogP contribution in [0.5, 0.6) is 11.5 Å². The number of hydrogen-bond donors (Lipinski definition) is 2. The highest BCUT2D eigenvalue weighted by molar-refractivity contribution is 5.85. The van der Waals surface area contributed by atoms with Gasteiger partial charge in [-0.3, -0.25) is 9.69 Å². The quantitative estimate of drug-likeness (QED) is 0.523. The molecule has 6 heteroatoms. The average molecular weight is 448 g/mol. The maximum atomic E-state index is 12.9. The number of benzene rings is 3. The van der Waals surface area contributed by atoms with Crippen LogP contribution in [-0.2, 0) is 17.9 Å². The van der Waals surface area contributed by atoms with E-state index in [4.69, 9.17) is 9.47 Å². The molecule has 174 valence electrons. The zero-order valence-electron chi connectivity index (χ0n) is 19.6. The van der Waals surface area contributed by atoms with Gasteiger partial charge in [-0.05, 0) is 35.7 Å². The van der Waals surface area contributed by atoms with Gasteiger partial charge < -0.3 is 20.1 Å². The standard InChI is InChI=1S/C27H33N3O3/c1-4-28-27(31)24-15-22(29-16-20-11-7-10-19-9-5-6-13-23(19)20)18-30(24)17-21-12-8-14-25(32-2)26(21)33-3/h5-14,22,24,29H,4,15-18H2,1-3H3,(H,28,31)/t22-,24-/m0/s1. The number of fused-ring (bicyclic) bond motifs is 1. The van der Waals surface area contributed by atoms with Crippen molar-refractivity contribution in [2.24, 2.45) is 0 Å². The Hall–Kier alpha value is -3.09. The maximum Gasteiger partial charge on any atom is 0.237 e. The Morgan fingerprint density at radius 2 is 1.76 bits per heavy atom. The first-order valence-electron chi connectivity index (χ1n) is 11.6. The van der Waals surface area contributed by atoms with Gasteiger partial charge in [-0.25, -0.2) is 0 Å². The molecule has 2 N–H and O–H groups in total. The van der Waals surface area contributed by atoms with Crippen LogP contribution in [0.4, 0.5) is 0 Å². The highest BCUT2D eigenvalue weighted by atomic mass is 16.5. The van der Waals surface area contributed by atoms with E-state index in [2.05, 4.69) is 58.0 Å². The molecule has 3 aromatic rings. The summed E-state index contributed by atoms with van der Waals surface area (Å²) >= 11 is 0. The van der Waals surface area contributed by atoms with Gasteiger partial charge in [-0.15, -0.1) is 0 Å². The Bertz CT molecular complexity index is 1100. The third kappa shape index (κ3) is 5.13. The van der Waals surface area contributed by atoms with Gasteiger partial charge in [0.1, 0.15) is 0 Å². The van der Waals surface area contributed by atoms with Crippen LogP contribution in [0.2, 0.25) is 0 Å². The summed E-state index contributed by atoms with van der Waals surface area (Å²) in [4.78, 5) is 15.1. The fraction of sp³-hybridized carbons (Fsp3) is 0.370. The number of likely N-dealkylation sites (N-methyl/N-ethyl adjacent to an activating group) is 1. The third-order valence-electron chi connectivity index (χ3n) is 6.38. The van der Waals surface area contributed by atoms with Crippen LogP contribution < -0.4 is 20.1 Å². The van der Waals surface area contributed by atoms with E-state index in [9.17, 15) is 4.79 Å². The predicted octanol–water partition coefficient (Wildman–Crippen LogP) is 3.73. The first-order chi connectivity index (χ1) is 16.1. The zero-order valence-corrected chi connectivity index (χ0v) is 19.6. The highest BCUT2D eigenvalue weighted by Crippen LogP contribution is 2.33. The zero-order chi connectivity index (χ0) is 23.2. The molecule has 1 saturated heterocycles. The first-order valence-corrected chi connectivity index (χ1v) is 11.6. The first kappa shape index (κ1) is 23.1. The molecule has 1 amide bonds. The van der Waals surface area contributed by atoms with Crippen molar-refractivity contribution >= 4 is 16.7 Å². The normalized spacial score (nSPS) is 18.4. The van der Waals surface area contributed by atoms with E-state index in [0.717, 1.165) is 30.8 Å². The lowest BCUT2D eigenvalue weighted by Gasteiger charge is -2.24.